The number of anilines is 1. The summed E-state index contributed by atoms with van der Waals surface area (Å²) >= 11 is 6.34. The minimum absolute atomic E-state index is 0.0743. The normalized spacial score (nSPS) is 17.8. The fourth-order valence-corrected chi connectivity index (χ4v) is 4.74. The summed E-state index contributed by atoms with van der Waals surface area (Å²) in [6.07, 6.45) is 3.76. The van der Waals surface area contributed by atoms with Gasteiger partial charge in [0.15, 0.2) is 0 Å². The predicted octanol–water partition coefficient (Wildman–Crippen LogP) is 4.22. The van der Waals surface area contributed by atoms with Gasteiger partial charge in [-0.3, -0.25) is 4.79 Å². The number of nitrogens with one attached hydrogen (secondary N) is 1. The molecule has 1 saturated heterocycles. The molecule has 0 spiro atoms. The second kappa shape index (κ2) is 10.3. The summed E-state index contributed by atoms with van der Waals surface area (Å²) in [5, 5.41) is 4.10. The van der Waals surface area contributed by atoms with Gasteiger partial charge in [-0.05, 0) is 42.7 Å². The van der Waals surface area contributed by atoms with E-state index in [4.69, 9.17) is 16.3 Å². The van der Waals surface area contributed by atoms with Gasteiger partial charge in [-0.1, -0.05) is 42.5 Å². The number of benzene rings is 2. The summed E-state index contributed by atoms with van der Waals surface area (Å²) in [6.45, 7) is 9.22. The number of halogens is 1. The van der Waals surface area contributed by atoms with Crippen molar-refractivity contribution in [3.05, 3.63) is 71.3 Å². The van der Waals surface area contributed by atoms with Crippen molar-refractivity contribution >= 4 is 23.2 Å². The molecule has 2 aromatic carbocycles. The molecule has 0 radical (unpaired) electrons. The molecular weight excluding hydrogens is 410 g/mol. The highest BCUT2D eigenvalue weighted by Gasteiger charge is 2.33. The molecular formula is C25H30ClN3O2. The van der Waals surface area contributed by atoms with E-state index in [1.165, 1.54) is 0 Å². The highest BCUT2D eigenvalue weighted by Crippen LogP contribution is 2.40. The molecule has 4 rings (SSSR count). The van der Waals surface area contributed by atoms with E-state index in [0.29, 0.717) is 24.5 Å². The number of piperazine rings is 1. The van der Waals surface area contributed by atoms with Gasteiger partial charge in [-0.2, -0.15) is 0 Å². The lowest BCUT2D eigenvalue weighted by atomic mass is 9.94. The van der Waals surface area contributed by atoms with Gasteiger partial charge in [0, 0.05) is 49.7 Å². The molecule has 1 N–H and O–H groups in total. The van der Waals surface area contributed by atoms with Crippen LogP contribution in [-0.4, -0.2) is 50.1 Å². The zero-order chi connectivity index (χ0) is 21.6. The lowest BCUT2D eigenvalue weighted by Gasteiger charge is -2.38. The number of hydrogen-bond donors (Lipinski definition) is 1. The number of carbonyl (C=O) groups excluding carboxylic acids is 1. The standard InChI is InChI=1S/C25H30ClN3O2/c1-2-17-31-24-8-4-7-23-21(24)9-10-25(30)29(23)22(19-5-3-6-20(26)18-19)11-14-28-15-12-27-13-16-28/h2-8,18,22,27H,1,9-17H2. The Labute approximate surface area is 189 Å². The van der Waals surface area contributed by atoms with E-state index in [2.05, 4.69) is 22.9 Å². The Balaban J connectivity index is 1.68. The summed E-state index contributed by atoms with van der Waals surface area (Å²) in [7, 11) is 0. The Morgan fingerprint density at radius 2 is 1.97 bits per heavy atom. The first-order valence-corrected chi connectivity index (χ1v) is 11.4. The number of rotatable bonds is 8. The van der Waals surface area contributed by atoms with E-state index in [0.717, 1.165) is 61.7 Å². The Hall–Kier alpha value is -2.34. The van der Waals surface area contributed by atoms with Crippen molar-refractivity contribution in [1.82, 2.24) is 10.2 Å². The average Bonchev–Trinajstić information content (AvgIpc) is 2.79. The Bertz CT molecular complexity index is 927. The molecule has 31 heavy (non-hydrogen) atoms. The molecule has 1 unspecified atom stereocenters. The largest absolute Gasteiger partial charge is 0.489 e. The molecule has 0 saturated carbocycles. The van der Waals surface area contributed by atoms with E-state index in [9.17, 15) is 4.79 Å². The molecule has 2 aromatic rings. The van der Waals surface area contributed by atoms with E-state index < -0.39 is 0 Å². The van der Waals surface area contributed by atoms with Crippen molar-refractivity contribution in [2.24, 2.45) is 0 Å². The van der Waals surface area contributed by atoms with Crippen LogP contribution in [0.25, 0.3) is 0 Å². The first-order chi connectivity index (χ1) is 15.2. The first kappa shape index (κ1) is 21.9. The highest BCUT2D eigenvalue weighted by atomic mass is 35.5. The fraction of sp³-hybridized carbons (Fsp3) is 0.400. The van der Waals surface area contributed by atoms with Crippen LogP contribution >= 0.6 is 11.6 Å². The lowest BCUT2D eigenvalue weighted by molar-refractivity contribution is -0.119. The molecule has 0 aliphatic carbocycles. The van der Waals surface area contributed by atoms with E-state index in [1.807, 2.05) is 41.3 Å². The van der Waals surface area contributed by atoms with Gasteiger partial charge in [-0.15, -0.1) is 0 Å². The smallest absolute Gasteiger partial charge is 0.227 e. The van der Waals surface area contributed by atoms with Crippen LogP contribution in [-0.2, 0) is 11.2 Å². The fourth-order valence-electron chi connectivity index (χ4n) is 4.54. The van der Waals surface area contributed by atoms with Crippen molar-refractivity contribution < 1.29 is 9.53 Å². The van der Waals surface area contributed by atoms with E-state index in [1.54, 1.807) is 6.08 Å². The van der Waals surface area contributed by atoms with Crippen LogP contribution in [0.1, 0.15) is 30.0 Å². The highest BCUT2D eigenvalue weighted by molar-refractivity contribution is 6.30. The van der Waals surface area contributed by atoms with Gasteiger partial charge in [0.1, 0.15) is 12.4 Å². The van der Waals surface area contributed by atoms with Gasteiger partial charge in [0.25, 0.3) is 0 Å². The van der Waals surface area contributed by atoms with Crippen LogP contribution in [0, 0.1) is 0 Å². The third kappa shape index (κ3) is 5.12. The summed E-state index contributed by atoms with van der Waals surface area (Å²) in [5.74, 6) is 0.987. The number of nitrogens with zero attached hydrogens (tertiary/aromatic N) is 2. The Morgan fingerprint density at radius 3 is 2.74 bits per heavy atom. The van der Waals surface area contributed by atoms with Crippen LogP contribution in [0.3, 0.4) is 0 Å². The van der Waals surface area contributed by atoms with E-state index in [-0.39, 0.29) is 11.9 Å². The molecule has 6 heteroatoms. The lowest BCUT2D eigenvalue weighted by Crippen LogP contribution is -2.45. The topological polar surface area (TPSA) is 44.8 Å². The minimum atomic E-state index is -0.0743. The van der Waals surface area contributed by atoms with Gasteiger partial charge < -0.3 is 19.9 Å². The predicted molar refractivity (Wildman–Crippen MR) is 126 cm³/mol. The molecule has 1 amide bonds. The molecule has 1 atom stereocenters. The minimum Gasteiger partial charge on any atom is -0.489 e. The van der Waals surface area contributed by atoms with Crippen molar-refractivity contribution in [3.63, 3.8) is 0 Å². The van der Waals surface area contributed by atoms with Crippen LogP contribution in [0.4, 0.5) is 5.69 Å². The molecule has 2 aliphatic heterocycles. The number of amides is 1. The third-order valence-corrected chi connectivity index (χ3v) is 6.29. The molecule has 2 aliphatic rings. The second-order valence-electron chi connectivity index (χ2n) is 8.07. The Kier molecular flexibility index (Phi) is 7.28. The van der Waals surface area contributed by atoms with Crippen molar-refractivity contribution in [1.29, 1.82) is 0 Å². The van der Waals surface area contributed by atoms with Crippen molar-refractivity contribution in [3.8, 4) is 5.75 Å². The van der Waals surface area contributed by atoms with Gasteiger partial charge >= 0.3 is 0 Å². The Morgan fingerprint density at radius 1 is 1.16 bits per heavy atom. The first-order valence-electron chi connectivity index (χ1n) is 11.0. The number of hydrogen-bond acceptors (Lipinski definition) is 4. The van der Waals surface area contributed by atoms with Crippen LogP contribution in [0.5, 0.6) is 5.75 Å². The molecule has 1 fully saturated rings. The number of ether oxygens (including phenoxy) is 1. The maximum absolute atomic E-state index is 13.2. The van der Waals surface area contributed by atoms with Crippen molar-refractivity contribution in [2.45, 2.75) is 25.3 Å². The summed E-state index contributed by atoms with van der Waals surface area (Å²) in [6, 6.07) is 13.8. The second-order valence-corrected chi connectivity index (χ2v) is 8.50. The van der Waals surface area contributed by atoms with Crippen LogP contribution < -0.4 is 15.0 Å². The summed E-state index contributed by atoms with van der Waals surface area (Å²) < 4.78 is 5.90. The molecule has 164 valence electrons. The monoisotopic (exact) mass is 439 g/mol. The van der Waals surface area contributed by atoms with Gasteiger partial charge in [0.2, 0.25) is 5.91 Å². The van der Waals surface area contributed by atoms with Gasteiger partial charge in [0.05, 0.1) is 11.7 Å². The quantitative estimate of drug-likeness (QED) is 0.625. The van der Waals surface area contributed by atoms with Gasteiger partial charge in [-0.25, -0.2) is 0 Å². The SMILES string of the molecule is C=CCOc1cccc2c1CCC(=O)N2C(CCN1CCNCC1)c1cccc(Cl)c1. The zero-order valence-electron chi connectivity index (χ0n) is 17.9. The average molecular weight is 440 g/mol. The number of fused-ring (bicyclic) bond motifs is 1. The number of carbonyl (C=O) groups is 1. The molecule has 5 nitrogen and oxygen atoms in total. The maximum Gasteiger partial charge on any atom is 0.227 e. The summed E-state index contributed by atoms with van der Waals surface area (Å²) in [4.78, 5) is 17.7. The zero-order valence-corrected chi connectivity index (χ0v) is 18.6. The van der Waals surface area contributed by atoms with E-state index >= 15 is 0 Å². The molecule has 2 heterocycles. The summed E-state index contributed by atoms with van der Waals surface area (Å²) in [5.41, 5.74) is 3.11. The maximum atomic E-state index is 13.2. The molecule has 0 aromatic heterocycles. The van der Waals surface area contributed by atoms with Crippen LogP contribution in [0.15, 0.2) is 55.1 Å². The van der Waals surface area contributed by atoms with Crippen molar-refractivity contribution in [2.75, 3.05) is 44.2 Å². The third-order valence-electron chi connectivity index (χ3n) is 6.06. The van der Waals surface area contributed by atoms with Crippen LogP contribution in [0.2, 0.25) is 5.02 Å². The molecule has 0 bridgehead atoms.